The van der Waals surface area contributed by atoms with Gasteiger partial charge in [-0.3, -0.25) is 4.79 Å². The lowest BCUT2D eigenvalue weighted by Gasteiger charge is -2.40. The van der Waals surface area contributed by atoms with Crippen LogP contribution in [0, 0.1) is 5.41 Å². The van der Waals surface area contributed by atoms with Crippen molar-refractivity contribution in [2.45, 2.75) is 32.3 Å². The molecule has 2 aromatic rings. The molecule has 1 spiro atoms. The first-order valence-electron chi connectivity index (χ1n) is 10.7. The molecule has 1 aromatic heterocycles. The second kappa shape index (κ2) is 11.3. The van der Waals surface area contributed by atoms with Gasteiger partial charge in [0, 0.05) is 48.4 Å². The number of benzene rings is 1. The van der Waals surface area contributed by atoms with E-state index in [1.807, 2.05) is 6.07 Å². The Morgan fingerprint density at radius 3 is 2.62 bits per heavy atom. The fourth-order valence-electron chi connectivity index (χ4n) is 4.63. The van der Waals surface area contributed by atoms with Gasteiger partial charge in [0.05, 0.1) is 6.61 Å². The predicted octanol–water partition coefficient (Wildman–Crippen LogP) is 3.55. The largest absolute Gasteiger partial charge is 0.380 e. The smallest absolute Gasteiger partial charge is 0.209 e. The molecule has 0 amide bonds. The maximum absolute atomic E-state index is 11.2. The van der Waals surface area contributed by atoms with Crippen molar-refractivity contribution in [2.75, 3.05) is 38.2 Å². The van der Waals surface area contributed by atoms with E-state index in [0.717, 1.165) is 74.4 Å². The van der Waals surface area contributed by atoms with Gasteiger partial charge < -0.3 is 14.5 Å². The lowest BCUT2D eigenvalue weighted by atomic mass is 9.75. The lowest BCUT2D eigenvalue weighted by molar-refractivity contribution is 0.111. The molecule has 2 aliphatic rings. The molecule has 0 radical (unpaired) electrons. The maximum Gasteiger partial charge on any atom is 0.209 e. The van der Waals surface area contributed by atoms with Crippen LogP contribution in [-0.4, -0.2) is 59.8 Å². The highest BCUT2D eigenvalue weighted by atomic mass is 32.1. The molecule has 2 saturated heterocycles. The monoisotopic (exact) mass is 454 g/mol. The number of allylic oxidation sites excluding steroid dienone is 1. The van der Waals surface area contributed by atoms with Gasteiger partial charge in [0.25, 0.3) is 0 Å². The summed E-state index contributed by atoms with van der Waals surface area (Å²) in [6.45, 7) is 11.8. The molecule has 1 aromatic carbocycles. The highest BCUT2D eigenvalue weighted by molar-refractivity contribution is 7.09. The molecule has 0 bridgehead atoms. The van der Waals surface area contributed by atoms with Gasteiger partial charge >= 0.3 is 0 Å². The Kier molecular flexibility index (Phi) is 8.47. The highest BCUT2D eigenvalue weighted by Crippen LogP contribution is 2.48. The lowest BCUT2D eigenvalue weighted by Crippen LogP contribution is -2.41. The van der Waals surface area contributed by atoms with E-state index in [0.29, 0.717) is 6.61 Å². The number of rotatable bonds is 7. The van der Waals surface area contributed by atoms with Gasteiger partial charge in [0.2, 0.25) is 5.13 Å². The zero-order chi connectivity index (χ0) is 23.0. The number of hydrogen-bond donors (Lipinski definition) is 0. The molecule has 0 aliphatic carbocycles. The molecule has 0 unspecified atom stereocenters. The third kappa shape index (κ3) is 5.40. The number of piperidine rings is 1. The van der Waals surface area contributed by atoms with Crippen LogP contribution in [0.3, 0.4) is 0 Å². The van der Waals surface area contributed by atoms with E-state index in [9.17, 15) is 4.79 Å². The standard InChI is InChI=1S/C22H28N4O2S.C2H2O/c1-17-22(8-12-26(17)21-23-16-24-29-21)6-10-25(11-7-22)9-5-18-3-4-19(14-27)20(13-18)15-28-2;1-2-3/h3-4,13-14,16H,1,5-12,15H2,2H3;1H2. The van der Waals surface area contributed by atoms with Gasteiger partial charge in [-0.05, 0) is 56.5 Å². The summed E-state index contributed by atoms with van der Waals surface area (Å²) < 4.78 is 9.37. The Hall–Kier alpha value is -2.64. The molecule has 3 heterocycles. The number of anilines is 1. The van der Waals surface area contributed by atoms with Crippen molar-refractivity contribution in [3.63, 3.8) is 0 Å². The van der Waals surface area contributed by atoms with E-state index < -0.39 is 0 Å². The van der Waals surface area contributed by atoms with E-state index in [1.165, 1.54) is 28.7 Å². The number of ether oxygens (including phenoxy) is 1. The summed E-state index contributed by atoms with van der Waals surface area (Å²) in [6.07, 6.45) is 6.98. The summed E-state index contributed by atoms with van der Waals surface area (Å²) in [7, 11) is 1.66. The molecule has 2 fully saturated rings. The minimum Gasteiger partial charge on any atom is -0.380 e. The summed E-state index contributed by atoms with van der Waals surface area (Å²) >= 11 is 1.45. The Morgan fingerprint density at radius 2 is 2.00 bits per heavy atom. The van der Waals surface area contributed by atoms with Crippen molar-refractivity contribution in [1.82, 2.24) is 14.3 Å². The van der Waals surface area contributed by atoms with Gasteiger partial charge in [-0.2, -0.15) is 4.37 Å². The van der Waals surface area contributed by atoms with Crippen molar-refractivity contribution in [3.05, 3.63) is 60.1 Å². The van der Waals surface area contributed by atoms with Crippen LogP contribution in [0.25, 0.3) is 0 Å². The highest BCUT2D eigenvalue weighted by Gasteiger charge is 2.44. The van der Waals surface area contributed by atoms with E-state index in [2.05, 4.69) is 44.4 Å². The third-order valence-electron chi connectivity index (χ3n) is 6.50. The number of methoxy groups -OCH3 is 1. The SMILES string of the molecule is C=C1N(c2ncns2)CCC12CCN(CCc1ccc(C=O)c(COC)c1)CC2.C=C=O. The van der Waals surface area contributed by atoms with Crippen molar-refractivity contribution >= 4 is 28.9 Å². The summed E-state index contributed by atoms with van der Waals surface area (Å²) in [6, 6.07) is 6.08. The van der Waals surface area contributed by atoms with Crippen molar-refractivity contribution in [1.29, 1.82) is 0 Å². The van der Waals surface area contributed by atoms with Gasteiger partial charge in [-0.15, -0.1) is 0 Å². The Labute approximate surface area is 193 Å². The van der Waals surface area contributed by atoms with Crippen LogP contribution in [0.4, 0.5) is 5.13 Å². The molecule has 4 rings (SSSR count). The van der Waals surface area contributed by atoms with E-state index in [-0.39, 0.29) is 5.41 Å². The Balaban J connectivity index is 0.000000913. The van der Waals surface area contributed by atoms with Gasteiger partial charge in [-0.25, -0.2) is 9.78 Å². The number of carbonyl (C=O) groups is 1. The second-order valence-corrected chi connectivity index (χ2v) is 8.93. The van der Waals surface area contributed by atoms with E-state index in [1.54, 1.807) is 13.4 Å². The first-order chi connectivity index (χ1) is 15.6. The van der Waals surface area contributed by atoms with Gasteiger partial charge in [0.1, 0.15) is 18.6 Å². The van der Waals surface area contributed by atoms with Crippen LogP contribution >= 0.6 is 11.5 Å². The zero-order valence-corrected chi connectivity index (χ0v) is 19.4. The van der Waals surface area contributed by atoms with E-state index in [4.69, 9.17) is 9.53 Å². The zero-order valence-electron chi connectivity index (χ0n) is 18.6. The van der Waals surface area contributed by atoms with Gasteiger partial charge in [0.15, 0.2) is 0 Å². The molecular weight excluding hydrogens is 424 g/mol. The molecule has 170 valence electrons. The molecule has 2 aliphatic heterocycles. The van der Waals surface area contributed by atoms with Crippen molar-refractivity contribution in [3.8, 4) is 0 Å². The number of hydrogen-bond acceptors (Lipinski definition) is 8. The minimum absolute atomic E-state index is 0.222. The average Bonchev–Trinajstić information content (AvgIpc) is 3.43. The molecule has 32 heavy (non-hydrogen) atoms. The molecule has 0 atom stereocenters. The molecule has 0 N–H and O–H groups in total. The molecule has 7 nitrogen and oxygen atoms in total. The minimum atomic E-state index is 0.222. The first-order valence-corrected chi connectivity index (χ1v) is 11.5. The normalized spacial score (nSPS) is 17.7. The average molecular weight is 455 g/mol. The quantitative estimate of drug-likeness (QED) is 0.468. The summed E-state index contributed by atoms with van der Waals surface area (Å²) in [5.41, 5.74) is 4.39. The van der Waals surface area contributed by atoms with Crippen LogP contribution in [-0.2, 0) is 22.6 Å². The molecule has 0 saturated carbocycles. The molecular formula is C24H30N4O3S. The van der Waals surface area contributed by atoms with Crippen molar-refractivity contribution in [2.24, 2.45) is 5.41 Å². The van der Waals surface area contributed by atoms with Crippen LogP contribution in [0.2, 0.25) is 0 Å². The number of carbonyl (C=O) groups excluding carboxylic acids is 2. The Bertz CT molecular complexity index is 946. The number of likely N-dealkylation sites (tertiary alicyclic amines) is 1. The first kappa shape index (κ1) is 24.0. The van der Waals surface area contributed by atoms with Crippen LogP contribution < -0.4 is 4.90 Å². The van der Waals surface area contributed by atoms with Crippen LogP contribution in [0.1, 0.15) is 40.7 Å². The second-order valence-electron chi connectivity index (χ2n) is 8.17. The number of nitrogens with zero attached hydrogens (tertiary/aromatic N) is 4. The fraction of sp³-hybridized carbons (Fsp3) is 0.458. The number of aromatic nitrogens is 2. The van der Waals surface area contributed by atoms with Gasteiger partial charge in [-0.1, -0.05) is 24.8 Å². The Morgan fingerprint density at radius 1 is 1.28 bits per heavy atom. The summed E-state index contributed by atoms with van der Waals surface area (Å²) in [4.78, 5) is 28.9. The maximum atomic E-state index is 11.2. The third-order valence-corrected chi connectivity index (χ3v) is 7.19. The van der Waals surface area contributed by atoms with E-state index >= 15 is 0 Å². The number of aldehydes is 1. The topological polar surface area (TPSA) is 75.6 Å². The van der Waals surface area contributed by atoms with Crippen molar-refractivity contribution < 1.29 is 14.3 Å². The van der Waals surface area contributed by atoms with Crippen LogP contribution in [0.15, 0.2) is 43.4 Å². The van der Waals surface area contributed by atoms with Crippen LogP contribution in [0.5, 0.6) is 0 Å². The predicted molar refractivity (Wildman–Crippen MR) is 127 cm³/mol. The summed E-state index contributed by atoms with van der Waals surface area (Å²) in [5, 5.41) is 0.972. The fourth-order valence-corrected chi connectivity index (χ4v) is 5.21. The summed E-state index contributed by atoms with van der Waals surface area (Å²) in [5.74, 6) is 1.25. The molecule has 8 heteroatoms.